The number of imide groups is 1. The van der Waals surface area contributed by atoms with Crippen molar-refractivity contribution in [1.82, 2.24) is 10.2 Å². The molecule has 1 atom stereocenters. The van der Waals surface area contributed by atoms with Gasteiger partial charge in [0.1, 0.15) is 12.1 Å². The molecule has 1 aliphatic rings. The molecular weight excluding hydrogens is 236 g/mol. The molecule has 0 bridgehead atoms. The summed E-state index contributed by atoms with van der Waals surface area (Å²) in [5.41, 5.74) is -0.907. The van der Waals surface area contributed by atoms with Gasteiger partial charge >= 0.3 is 12.0 Å². The number of hydrogen-bond donors (Lipinski definition) is 1. The highest BCUT2D eigenvalue weighted by Crippen LogP contribution is 2.24. The maximum absolute atomic E-state index is 12.1. The van der Waals surface area contributed by atoms with E-state index >= 15 is 0 Å². The van der Waals surface area contributed by atoms with Crippen molar-refractivity contribution in [2.75, 3.05) is 13.7 Å². The topological polar surface area (TPSA) is 75.7 Å². The Labute approximate surface area is 107 Å². The second-order valence-corrected chi connectivity index (χ2v) is 5.16. The first-order chi connectivity index (χ1) is 8.30. The molecule has 0 aromatic carbocycles. The van der Waals surface area contributed by atoms with Crippen LogP contribution in [0.2, 0.25) is 0 Å². The Hall–Kier alpha value is -1.59. The molecular formula is C12H20N2O4. The number of urea groups is 1. The van der Waals surface area contributed by atoms with Crippen molar-refractivity contribution in [1.29, 1.82) is 0 Å². The van der Waals surface area contributed by atoms with E-state index in [1.807, 2.05) is 0 Å². The minimum absolute atomic E-state index is 0.335. The normalized spacial score (nSPS) is 23.5. The van der Waals surface area contributed by atoms with Gasteiger partial charge in [-0.15, -0.1) is 0 Å². The van der Waals surface area contributed by atoms with Crippen molar-refractivity contribution in [3.05, 3.63) is 0 Å². The molecule has 1 unspecified atom stereocenters. The van der Waals surface area contributed by atoms with Crippen LogP contribution in [0.25, 0.3) is 0 Å². The van der Waals surface area contributed by atoms with Gasteiger partial charge in [0.15, 0.2) is 0 Å². The summed E-state index contributed by atoms with van der Waals surface area (Å²) >= 11 is 0. The lowest BCUT2D eigenvalue weighted by atomic mass is 9.92. The van der Waals surface area contributed by atoms with E-state index in [0.29, 0.717) is 12.3 Å². The largest absolute Gasteiger partial charge is 0.468 e. The predicted molar refractivity (Wildman–Crippen MR) is 64.7 cm³/mol. The van der Waals surface area contributed by atoms with Crippen LogP contribution in [0.3, 0.4) is 0 Å². The molecule has 1 fully saturated rings. The van der Waals surface area contributed by atoms with Gasteiger partial charge in [-0.3, -0.25) is 14.5 Å². The van der Waals surface area contributed by atoms with E-state index in [9.17, 15) is 14.4 Å². The molecule has 0 saturated carbocycles. The summed E-state index contributed by atoms with van der Waals surface area (Å²) in [7, 11) is 1.22. The molecule has 1 N–H and O–H groups in total. The van der Waals surface area contributed by atoms with Crippen LogP contribution in [0.15, 0.2) is 0 Å². The van der Waals surface area contributed by atoms with E-state index in [1.165, 1.54) is 7.11 Å². The van der Waals surface area contributed by atoms with E-state index in [-0.39, 0.29) is 12.5 Å². The van der Waals surface area contributed by atoms with E-state index in [2.05, 4.69) is 23.9 Å². The van der Waals surface area contributed by atoms with Gasteiger partial charge < -0.3 is 10.1 Å². The molecule has 6 heteroatoms. The summed E-state index contributed by atoms with van der Waals surface area (Å²) in [4.78, 5) is 35.9. The van der Waals surface area contributed by atoms with Crippen LogP contribution in [0, 0.1) is 5.92 Å². The average molecular weight is 256 g/mol. The number of nitrogens with one attached hydrogen (secondary N) is 1. The zero-order valence-electron chi connectivity index (χ0n) is 11.3. The highest BCUT2D eigenvalue weighted by molar-refractivity contribution is 6.08. The first-order valence-electron chi connectivity index (χ1n) is 6.01. The molecule has 0 aromatic heterocycles. The zero-order chi connectivity index (χ0) is 13.9. The van der Waals surface area contributed by atoms with Gasteiger partial charge in [-0.2, -0.15) is 0 Å². The van der Waals surface area contributed by atoms with Gasteiger partial charge in [0, 0.05) is 0 Å². The molecule has 0 aliphatic carbocycles. The number of methoxy groups -OCH3 is 1. The highest BCUT2D eigenvalue weighted by atomic mass is 16.5. The fraction of sp³-hybridized carbons (Fsp3) is 0.750. The molecule has 0 spiro atoms. The lowest BCUT2D eigenvalue weighted by molar-refractivity contribution is -0.145. The van der Waals surface area contributed by atoms with Crippen LogP contribution in [0.1, 0.15) is 33.6 Å². The summed E-state index contributed by atoms with van der Waals surface area (Å²) in [6.45, 7) is 5.46. The van der Waals surface area contributed by atoms with Crippen molar-refractivity contribution >= 4 is 17.9 Å². The molecule has 0 aromatic rings. The molecule has 102 valence electrons. The van der Waals surface area contributed by atoms with Crippen LogP contribution in [0.4, 0.5) is 4.79 Å². The Morgan fingerprint density at radius 2 is 2.06 bits per heavy atom. The van der Waals surface area contributed by atoms with E-state index in [0.717, 1.165) is 11.3 Å². The first-order valence-corrected chi connectivity index (χ1v) is 6.01. The van der Waals surface area contributed by atoms with Gasteiger partial charge in [0.25, 0.3) is 5.91 Å². The lowest BCUT2D eigenvalue weighted by Crippen LogP contribution is -2.44. The fourth-order valence-corrected chi connectivity index (χ4v) is 1.83. The molecule has 6 nitrogen and oxygen atoms in total. The number of hydrogen-bond acceptors (Lipinski definition) is 4. The molecule has 18 heavy (non-hydrogen) atoms. The number of carbonyl (C=O) groups is 3. The van der Waals surface area contributed by atoms with Gasteiger partial charge in [-0.1, -0.05) is 13.8 Å². The molecule has 3 amide bonds. The second-order valence-electron chi connectivity index (χ2n) is 5.16. The third kappa shape index (κ3) is 3.00. The number of nitrogens with zero attached hydrogens (tertiary/aromatic N) is 1. The van der Waals surface area contributed by atoms with Crippen molar-refractivity contribution < 1.29 is 19.1 Å². The maximum atomic E-state index is 12.1. The Morgan fingerprint density at radius 1 is 1.44 bits per heavy atom. The van der Waals surface area contributed by atoms with Gasteiger partial charge in [0.05, 0.1) is 7.11 Å². The Morgan fingerprint density at radius 3 is 2.56 bits per heavy atom. The molecule has 1 aliphatic heterocycles. The van der Waals surface area contributed by atoms with Gasteiger partial charge in [-0.25, -0.2) is 4.79 Å². The van der Waals surface area contributed by atoms with Crippen molar-refractivity contribution in [3.8, 4) is 0 Å². The van der Waals surface area contributed by atoms with Gasteiger partial charge in [-0.05, 0) is 25.7 Å². The molecule has 0 radical (unpaired) electrons. The fourth-order valence-electron chi connectivity index (χ4n) is 1.83. The van der Waals surface area contributed by atoms with E-state index < -0.39 is 17.5 Å². The molecule has 1 rings (SSSR count). The van der Waals surface area contributed by atoms with Crippen LogP contribution >= 0.6 is 0 Å². The monoisotopic (exact) mass is 256 g/mol. The van der Waals surface area contributed by atoms with Crippen LogP contribution < -0.4 is 5.32 Å². The van der Waals surface area contributed by atoms with Crippen molar-refractivity contribution in [2.45, 2.75) is 39.2 Å². The second kappa shape index (κ2) is 5.37. The highest BCUT2D eigenvalue weighted by Gasteiger charge is 2.47. The minimum atomic E-state index is -0.907. The SMILES string of the molecule is COC(=O)CN1C(=O)NC(C)(CCC(C)C)C1=O. The number of rotatable bonds is 5. The first kappa shape index (κ1) is 14.5. The van der Waals surface area contributed by atoms with Crippen molar-refractivity contribution in [3.63, 3.8) is 0 Å². The predicted octanol–water partition coefficient (Wildman–Crippen LogP) is 0.906. The lowest BCUT2D eigenvalue weighted by Gasteiger charge is -2.22. The van der Waals surface area contributed by atoms with E-state index in [1.54, 1.807) is 6.92 Å². The summed E-state index contributed by atoms with van der Waals surface area (Å²) in [6.07, 6.45) is 1.39. The number of ether oxygens (including phenoxy) is 1. The quantitative estimate of drug-likeness (QED) is 0.586. The van der Waals surface area contributed by atoms with Gasteiger partial charge in [0.2, 0.25) is 0 Å². The summed E-state index contributed by atoms with van der Waals surface area (Å²) in [5, 5.41) is 2.64. The van der Waals surface area contributed by atoms with E-state index in [4.69, 9.17) is 0 Å². The Balaban J connectivity index is 2.73. The smallest absolute Gasteiger partial charge is 0.325 e. The molecule has 1 heterocycles. The third-order valence-corrected chi connectivity index (χ3v) is 3.08. The summed E-state index contributed by atoms with van der Waals surface area (Å²) in [5.74, 6) is -0.522. The average Bonchev–Trinajstić information content (AvgIpc) is 2.51. The number of amides is 3. The standard InChI is InChI=1S/C12H20N2O4/c1-8(2)5-6-12(3)10(16)14(11(17)13-12)7-9(15)18-4/h8H,5-7H2,1-4H3,(H,13,17). The third-order valence-electron chi connectivity index (χ3n) is 3.08. The van der Waals surface area contributed by atoms with Crippen LogP contribution in [-0.2, 0) is 14.3 Å². The zero-order valence-corrected chi connectivity index (χ0v) is 11.3. The number of carbonyl (C=O) groups excluding carboxylic acids is 3. The summed E-state index contributed by atoms with van der Waals surface area (Å²) in [6, 6.07) is -0.531. The Kier molecular flexibility index (Phi) is 4.32. The minimum Gasteiger partial charge on any atom is -0.468 e. The molecule has 1 saturated heterocycles. The van der Waals surface area contributed by atoms with Crippen LogP contribution in [-0.4, -0.2) is 42.0 Å². The number of esters is 1. The van der Waals surface area contributed by atoms with Crippen molar-refractivity contribution in [2.24, 2.45) is 5.92 Å². The summed E-state index contributed by atoms with van der Waals surface area (Å²) < 4.78 is 4.46. The Bertz CT molecular complexity index is 367. The van der Waals surface area contributed by atoms with Crippen LogP contribution in [0.5, 0.6) is 0 Å². The maximum Gasteiger partial charge on any atom is 0.325 e.